The first-order valence-corrected chi connectivity index (χ1v) is 5.64. The van der Waals surface area contributed by atoms with Crippen LogP contribution in [-0.4, -0.2) is 50.3 Å². The molecule has 2 N–H and O–H groups in total. The number of aliphatic hydroxyl groups excluding tert-OH is 1. The second-order valence-corrected chi connectivity index (χ2v) is 5.56. The lowest BCUT2D eigenvalue weighted by Gasteiger charge is -2.08. The Hall–Kier alpha value is -0.130. The van der Waals surface area contributed by atoms with Gasteiger partial charge in [0.1, 0.15) is 31.0 Å². The van der Waals surface area contributed by atoms with E-state index in [1.807, 2.05) is 0 Å². The Bertz CT molecular complexity index is 257. The van der Waals surface area contributed by atoms with E-state index >= 15 is 0 Å². The van der Waals surface area contributed by atoms with E-state index in [1.54, 1.807) is 0 Å². The zero-order chi connectivity index (χ0) is 8.06. The number of aliphatic hydroxyl groups is 1. The van der Waals surface area contributed by atoms with E-state index < -0.39 is 15.9 Å². The average Bonchev–Trinajstić information content (AvgIpc) is 2.59. The highest BCUT2D eigenvalue weighted by Gasteiger charge is 2.47. The van der Waals surface area contributed by atoms with Crippen molar-refractivity contribution in [2.75, 3.05) is 24.6 Å². The maximum absolute atomic E-state index is 11.0. The highest BCUT2D eigenvalue weighted by atomic mass is 32.2. The second-order valence-electron chi connectivity index (χ2n) is 3.41. The highest BCUT2D eigenvalue weighted by Crippen LogP contribution is 2.10. The standard InChI is InChI=1S/C6H11NO3S/c8-6-4-11(9,10)3-5(6)7-1-2-7/h5-6,8H,1-4H2/p+1. The molecule has 0 saturated carbocycles. The summed E-state index contributed by atoms with van der Waals surface area (Å²) < 4.78 is 22.0. The number of hydrogen-bond donors (Lipinski definition) is 2. The van der Waals surface area contributed by atoms with Gasteiger partial charge in [-0.15, -0.1) is 0 Å². The summed E-state index contributed by atoms with van der Waals surface area (Å²) in [6, 6.07) is -0.0278. The summed E-state index contributed by atoms with van der Waals surface area (Å²) >= 11 is 0. The first-order chi connectivity index (χ1) is 5.08. The van der Waals surface area contributed by atoms with Gasteiger partial charge >= 0.3 is 0 Å². The molecule has 0 bridgehead atoms. The predicted octanol–water partition coefficient (Wildman–Crippen LogP) is -2.96. The molecule has 0 radical (unpaired) electrons. The minimum Gasteiger partial charge on any atom is -0.386 e. The smallest absolute Gasteiger partial charge is 0.159 e. The van der Waals surface area contributed by atoms with Crippen molar-refractivity contribution in [2.24, 2.45) is 0 Å². The van der Waals surface area contributed by atoms with Gasteiger partial charge in [0.2, 0.25) is 0 Å². The highest BCUT2D eigenvalue weighted by molar-refractivity contribution is 7.91. The summed E-state index contributed by atoms with van der Waals surface area (Å²) in [5.74, 6) is 0.157. The van der Waals surface area contributed by atoms with Gasteiger partial charge in [-0.05, 0) is 0 Å². The molecule has 2 rings (SSSR count). The van der Waals surface area contributed by atoms with Crippen LogP contribution in [-0.2, 0) is 9.84 Å². The van der Waals surface area contributed by atoms with Crippen LogP contribution in [0.1, 0.15) is 0 Å². The van der Waals surface area contributed by atoms with Gasteiger partial charge in [0.25, 0.3) is 0 Å². The molecule has 64 valence electrons. The van der Waals surface area contributed by atoms with E-state index in [0.717, 1.165) is 13.1 Å². The van der Waals surface area contributed by atoms with E-state index in [-0.39, 0.29) is 17.5 Å². The molecule has 0 aromatic rings. The van der Waals surface area contributed by atoms with Crippen LogP contribution < -0.4 is 4.90 Å². The van der Waals surface area contributed by atoms with E-state index in [2.05, 4.69) is 0 Å². The van der Waals surface area contributed by atoms with Crippen molar-refractivity contribution in [1.82, 2.24) is 0 Å². The maximum atomic E-state index is 11.0. The fourth-order valence-corrected chi connectivity index (χ4v) is 3.56. The third-order valence-corrected chi connectivity index (χ3v) is 4.10. The van der Waals surface area contributed by atoms with E-state index in [9.17, 15) is 13.5 Å². The van der Waals surface area contributed by atoms with E-state index in [1.165, 1.54) is 4.90 Å². The quantitative estimate of drug-likeness (QED) is 0.422. The summed E-state index contributed by atoms with van der Waals surface area (Å²) in [5, 5.41) is 9.33. The van der Waals surface area contributed by atoms with Crippen LogP contribution in [0.5, 0.6) is 0 Å². The van der Waals surface area contributed by atoms with Crippen molar-refractivity contribution in [1.29, 1.82) is 0 Å². The van der Waals surface area contributed by atoms with Crippen LogP contribution in [0.4, 0.5) is 0 Å². The predicted molar refractivity (Wildman–Crippen MR) is 39.1 cm³/mol. The van der Waals surface area contributed by atoms with Gasteiger partial charge < -0.3 is 10.0 Å². The van der Waals surface area contributed by atoms with Gasteiger partial charge in [0.05, 0.1) is 5.75 Å². The molecule has 2 saturated heterocycles. The molecular weight excluding hydrogens is 166 g/mol. The van der Waals surface area contributed by atoms with Crippen LogP contribution in [0.2, 0.25) is 0 Å². The molecule has 0 aliphatic carbocycles. The van der Waals surface area contributed by atoms with Crippen molar-refractivity contribution in [3.63, 3.8) is 0 Å². The normalized spacial score (nSPS) is 42.6. The van der Waals surface area contributed by atoms with Crippen molar-refractivity contribution >= 4 is 9.84 Å². The molecular formula is C6H12NO3S+. The minimum atomic E-state index is -2.92. The third kappa shape index (κ3) is 1.40. The van der Waals surface area contributed by atoms with Crippen molar-refractivity contribution < 1.29 is 18.4 Å². The molecule has 0 amide bonds. The largest absolute Gasteiger partial charge is 0.386 e. The second kappa shape index (κ2) is 2.18. The lowest BCUT2D eigenvalue weighted by Crippen LogP contribution is -3.00. The topological polar surface area (TPSA) is 58.8 Å². The van der Waals surface area contributed by atoms with Crippen LogP contribution in [0.25, 0.3) is 0 Å². The first kappa shape index (κ1) is 7.52. The van der Waals surface area contributed by atoms with Gasteiger partial charge in [0.15, 0.2) is 9.84 Å². The first-order valence-electron chi connectivity index (χ1n) is 3.81. The van der Waals surface area contributed by atoms with Crippen molar-refractivity contribution in [3.8, 4) is 0 Å². The Morgan fingerprint density at radius 3 is 2.27 bits per heavy atom. The Balaban J connectivity index is 2.13. The van der Waals surface area contributed by atoms with Crippen LogP contribution in [0, 0.1) is 0 Å². The molecule has 2 fully saturated rings. The molecule has 2 heterocycles. The van der Waals surface area contributed by atoms with Gasteiger partial charge in [-0.1, -0.05) is 0 Å². The molecule has 5 heteroatoms. The molecule has 0 aromatic carbocycles. The zero-order valence-corrected chi connectivity index (χ0v) is 6.97. The molecule has 2 aliphatic heterocycles. The average molecular weight is 178 g/mol. The number of hydrogen-bond acceptors (Lipinski definition) is 3. The molecule has 2 unspecified atom stereocenters. The van der Waals surface area contributed by atoms with Gasteiger partial charge in [-0.25, -0.2) is 8.42 Å². The SMILES string of the molecule is O=S1(=O)CC(O)C([NH+]2CC2)C1. The summed E-state index contributed by atoms with van der Waals surface area (Å²) in [4.78, 5) is 1.25. The Morgan fingerprint density at radius 1 is 1.27 bits per heavy atom. The van der Waals surface area contributed by atoms with Gasteiger partial charge in [-0.3, -0.25) is 0 Å². The van der Waals surface area contributed by atoms with Gasteiger partial charge in [-0.2, -0.15) is 0 Å². The minimum absolute atomic E-state index is 0.0266. The third-order valence-electron chi connectivity index (χ3n) is 2.39. The van der Waals surface area contributed by atoms with Crippen LogP contribution >= 0.6 is 0 Å². The van der Waals surface area contributed by atoms with Crippen LogP contribution in [0.3, 0.4) is 0 Å². The van der Waals surface area contributed by atoms with Crippen molar-refractivity contribution in [3.05, 3.63) is 0 Å². The molecule has 2 atom stereocenters. The molecule has 0 spiro atoms. The van der Waals surface area contributed by atoms with Crippen LogP contribution in [0.15, 0.2) is 0 Å². The molecule has 4 nitrogen and oxygen atoms in total. The summed E-state index contributed by atoms with van der Waals surface area (Å²) in [7, 11) is -2.92. The Kier molecular flexibility index (Phi) is 1.49. The van der Waals surface area contributed by atoms with Crippen molar-refractivity contribution in [2.45, 2.75) is 12.1 Å². The maximum Gasteiger partial charge on any atom is 0.159 e. The number of sulfone groups is 1. The fourth-order valence-electron chi connectivity index (χ4n) is 1.66. The van der Waals surface area contributed by atoms with Gasteiger partial charge in [0, 0.05) is 0 Å². The molecule has 11 heavy (non-hydrogen) atoms. The van der Waals surface area contributed by atoms with E-state index in [0.29, 0.717) is 0 Å². The van der Waals surface area contributed by atoms with E-state index in [4.69, 9.17) is 0 Å². The Labute approximate surface area is 65.7 Å². The number of quaternary nitrogens is 1. The fraction of sp³-hybridized carbons (Fsp3) is 1.00. The summed E-state index contributed by atoms with van der Waals surface area (Å²) in [5.41, 5.74) is 0. The summed E-state index contributed by atoms with van der Waals surface area (Å²) in [6.45, 7) is 2.05. The molecule has 0 aromatic heterocycles. The lowest BCUT2D eigenvalue weighted by molar-refractivity contribution is -0.790. The number of rotatable bonds is 1. The monoisotopic (exact) mass is 178 g/mol. The lowest BCUT2D eigenvalue weighted by atomic mass is 10.2. The Morgan fingerprint density at radius 2 is 1.91 bits per heavy atom. The molecule has 2 aliphatic rings. The number of nitrogens with one attached hydrogen (secondary N) is 1. The summed E-state index contributed by atoms with van der Waals surface area (Å²) in [6.07, 6.45) is -0.613. The zero-order valence-electron chi connectivity index (χ0n) is 6.16.